The van der Waals surface area contributed by atoms with Crippen molar-refractivity contribution in [1.82, 2.24) is 5.32 Å². The van der Waals surface area contributed by atoms with Gasteiger partial charge in [0.1, 0.15) is 0 Å². The number of morpholine rings is 1. The highest BCUT2D eigenvalue weighted by molar-refractivity contribution is 6.31. The average Bonchev–Trinajstić information content (AvgIpc) is 2.49. The van der Waals surface area contributed by atoms with E-state index in [0.29, 0.717) is 13.2 Å². The van der Waals surface area contributed by atoms with Gasteiger partial charge in [0.05, 0.1) is 25.9 Å². The van der Waals surface area contributed by atoms with E-state index in [1.165, 1.54) is 0 Å². The van der Waals surface area contributed by atoms with Gasteiger partial charge in [-0.05, 0) is 30.7 Å². The van der Waals surface area contributed by atoms with Crippen molar-refractivity contribution >= 4 is 17.3 Å². The van der Waals surface area contributed by atoms with Crippen LogP contribution < -0.4 is 10.2 Å². The van der Waals surface area contributed by atoms with Crippen LogP contribution in [0, 0.1) is 0 Å². The molecule has 1 fully saturated rings. The Bertz CT molecular complexity index is 428. The number of nitrogens with one attached hydrogen (secondary N) is 1. The Morgan fingerprint density at radius 1 is 1.50 bits per heavy atom. The van der Waals surface area contributed by atoms with Crippen molar-refractivity contribution in [2.75, 3.05) is 37.8 Å². The molecule has 1 aromatic rings. The fraction of sp³-hybridized carbons (Fsp3) is 0.600. The number of hydrogen-bond donors (Lipinski definition) is 2. The highest BCUT2D eigenvalue weighted by Crippen LogP contribution is 2.26. The summed E-state index contributed by atoms with van der Waals surface area (Å²) < 4.78 is 5.40. The molecule has 1 saturated heterocycles. The molecule has 1 heterocycles. The van der Waals surface area contributed by atoms with Crippen LogP contribution in [-0.4, -0.2) is 44.1 Å². The van der Waals surface area contributed by atoms with E-state index in [1.54, 1.807) is 0 Å². The van der Waals surface area contributed by atoms with Crippen LogP contribution >= 0.6 is 11.6 Å². The number of benzene rings is 1. The van der Waals surface area contributed by atoms with Crippen LogP contribution in [0.4, 0.5) is 5.69 Å². The number of halogens is 1. The van der Waals surface area contributed by atoms with E-state index < -0.39 is 0 Å². The van der Waals surface area contributed by atoms with Gasteiger partial charge in [-0.1, -0.05) is 24.6 Å². The Morgan fingerprint density at radius 3 is 3.05 bits per heavy atom. The van der Waals surface area contributed by atoms with Crippen LogP contribution in [0.5, 0.6) is 0 Å². The zero-order chi connectivity index (χ0) is 14.4. The molecular formula is C15H23ClN2O2. The number of aliphatic hydroxyl groups excluding tert-OH is 1. The van der Waals surface area contributed by atoms with Crippen LogP contribution in [-0.2, 0) is 11.3 Å². The van der Waals surface area contributed by atoms with Gasteiger partial charge in [0.15, 0.2) is 0 Å². The highest BCUT2D eigenvalue weighted by Gasteiger charge is 2.22. The molecule has 4 nitrogen and oxygen atoms in total. The Morgan fingerprint density at radius 2 is 2.35 bits per heavy atom. The smallest absolute Gasteiger partial charge is 0.0755 e. The first-order valence-electron chi connectivity index (χ1n) is 7.20. The quantitative estimate of drug-likeness (QED) is 0.789. The molecule has 2 rings (SSSR count). The third-order valence-corrected chi connectivity index (χ3v) is 3.90. The fourth-order valence-corrected chi connectivity index (χ4v) is 2.65. The van der Waals surface area contributed by atoms with Gasteiger partial charge < -0.3 is 20.1 Å². The second-order valence-electron chi connectivity index (χ2n) is 5.06. The average molecular weight is 299 g/mol. The molecule has 1 atom stereocenters. The molecule has 1 aliphatic heterocycles. The lowest BCUT2D eigenvalue weighted by molar-refractivity contribution is 0.0727. The van der Waals surface area contributed by atoms with Gasteiger partial charge in [-0.2, -0.15) is 0 Å². The third-order valence-electron chi connectivity index (χ3n) is 3.55. The maximum Gasteiger partial charge on any atom is 0.0755 e. The molecule has 0 bridgehead atoms. The minimum atomic E-state index is 0.0175. The molecule has 0 aromatic heterocycles. The van der Waals surface area contributed by atoms with E-state index in [-0.39, 0.29) is 12.6 Å². The lowest BCUT2D eigenvalue weighted by atomic mass is 10.1. The van der Waals surface area contributed by atoms with Gasteiger partial charge in [-0.25, -0.2) is 0 Å². The summed E-state index contributed by atoms with van der Waals surface area (Å²) >= 11 is 6.36. The van der Waals surface area contributed by atoms with Crippen molar-refractivity contribution in [2.24, 2.45) is 0 Å². The summed E-state index contributed by atoms with van der Waals surface area (Å²) in [5.41, 5.74) is 2.16. The van der Waals surface area contributed by atoms with Crippen molar-refractivity contribution in [3.63, 3.8) is 0 Å². The number of anilines is 1. The van der Waals surface area contributed by atoms with Crippen LogP contribution in [0.3, 0.4) is 0 Å². The Labute approximate surface area is 125 Å². The van der Waals surface area contributed by atoms with Crippen molar-refractivity contribution < 1.29 is 9.84 Å². The van der Waals surface area contributed by atoms with Crippen molar-refractivity contribution in [3.8, 4) is 0 Å². The van der Waals surface area contributed by atoms with E-state index in [1.807, 2.05) is 6.07 Å². The van der Waals surface area contributed by atoms with Gasteiger partial charge in [-0.3, -0.25) is 0 Å². The normalized spacial score (nSPS) is 19.4. The molecule has 20 heavy (non-hydrogen) atoms. The summed E-state index contributed by atoms with van der Waals surface area (Å²) in [7, 11) is 0. The predicted octanol–water partition coefficient (Wildman–Crippen LogP) is 2.04. The van der Waals surface area contributed by atoms with Gasteiger partial charge in [-0.15, -0.1) is 0 Å². The molecular weight excluding hydrogens is 276 g/mol. The summed E-state index contributed by atoms with van der Waals surface area (Å²) in [5, 5.41) is 13.6. The van der Waals surface area contributed by atoms with Crippen LogP contribution in [0.25, 0.3) is 0 Å². The number of ether oxygens (including phenoxy) is 1. The van der Waals surface area contributed by atoms with Gasteiger partial charge >= 0.3 is 0 Å². The zero-order valence-electron chi connectivity index (χ0n) is 11.9. The first kappa shape index (κ1) is 15.6. The van der Waals surface area contributed by atoms with Gasteiger partial charge in [0.2, 0.25) is 0 Å². The van der Waals surface area contributed by atoms with Crippen LogP contribution in [0.15, 0.2) is 18.2 Å². The van der Waals surface area contributed by atoms with E-state index >= 15 is 0 Å². The second kappa shape index (κ2) is 7.84. The maximum atomic E-state index is 9.43. The van der Waals surface area contributed by atoms with E-state index in [0.717, 1.165) is 42.3 Å². The van der Waals surface area contributed by atoms with E-state index in [4.69, 9.17) is 16.3 Å². The summed E-state index contributed by atoms with van der Waals surface area (Å²) in [5.74, 6) is 0. The molecule has 1 unspecified atom stereocenters. The Balaban J connectivity index is 2.07. The van der Waals surface area contributed by atoms with Crippen LogP contribution in [0.2, 0.25) is 5.02 Å². The molecule has 0 saturated carbocycles. The molecule has 0 spiro atoms. The molecule has 0 amide bonds. The number of nitrogens with zero attached hydrogens (tertiary/aromatic N) is 1. The number of rotatable bonds is 6. The first-order chi connectivity index (χ1) is 9.76. The maximum absolute atomic E-state index is 9.43. The SMILES string of the molecule is CCCNCc1ccc(N2CCOCC2CO)cc1Cl. The third kappa shape index (κ3) is 3.85. The van der Waals surface area contributed by atoms with Gasteiger partial charge in [0.25, 0.3) is 0 Å². The minimum absolute atomic E-state index is 0.0175. The molecule has 112 valence electrons. The predicted molar refractivity (Wildman–Crippen MR) is 82.5 cm³/mol. The molecule has 2 N–H and O–H groups in total. The molecule has 0 radical (unpaired) electrons. The number of aliphatic hydroxyl groups is 1. The lowest BCUT2D eigenvalue weighted by Gasteiger charge is -2.36. The molecule has 0 aliphatic carbocycles. The summed E-state index contributed by atoms with van der Waals surface area (Å²) in [6.45, 7) is 6.06. The van der Waals surface area contributed by atoms with E-state index in [9.17, 15) is 5.11 Å². The number of hydrogen-bond acceptors (Lipinski definition) is 4. The Kier molecular flexibility index (Phi) is 6.10. The monoisotopic (exact) mass is 298 g/mol. The zero-order valence-corrected chi connectivity index (χ0v) is 12.7. The topological polar surface area (TPSA) is 44.7 Å². The fourth-order valence-electron chi connectivity index (χ4n) is 2.40. The minimum Gasteiger partial charge on any atom is -0.394 e. The van der Waals surface area contributed by atoms with Crippen molar-refractivity contribution in [1.29, 1.82) is 0 Å². The highest BCUT2D eigenvalue weighted by atomic mass is 35.5. The summed E-state index contributed by atoms with van der Waals surface area (Å²) in [6.07, 6.45) is 1.11. The standard InChI is InChI=1S/C15H23ClN2O2/c1-2-5-17-9-12-3-4-13(8-15(12)16)18-6-7-20-11-14(18)10-19/h3-4,8,14,17,19H,2,5-7,9-11H2,1H3. The second-order valence-corrected chi connectivity index (χ2v) is 5.46. The first-order valence-corrected chi connectivity index (χ1v) is 7.58. The molecule has 1 aliphatic rings. The van der Waals surface area contributed by atoms with E-state index in [2.05, 4.69) is 29.3 Å². The Hall–Kier alpha value is -0.810. The molecule has 1 aromatic carbocycles. The van der Waals surface area contributed by atoms with Crippen LogP contribution in [0.1, 0.15) is 18.9 Å². The summed E-state index contributed by atoms with van der Waals surface area (Å²) in [6, 6.07) is 6.13. The lowest BCUT2D eigenvalue weighted by Crippen LogP contribution is -2.47. The van der Waals surface area contributed by atoms with Gasteiger partial charge in [0, 0.05) is 23.8 Å². The van der Waals surface area contributed by atoms with Crippen molar-refractivity contribution in [3.05, 3.63) is 28.8 Å². The summed E-state index contributed by atoms with van der Waals surface area (Å²) in [4.78, 5) is 2.17. The van der Waals surface area contributed by atoms with Crippen molar-refractivity contribution in [2.45, 2.75) is 25.9 Å². The largest absolute Gasteiger partial charge is 0.394 e. The molecule has 5 heteroatoms.